The average Bonchev–Trinajstić information content (AvgIpc) is 3.05. The van der Waals surface area contributed by atoms with Crippen LogP contribution in [0.25, 0.3) is 0 Å². The first-order valence-electron chi connectivity index (χ1n) is 6.20. The Morgan fingerprint density at radius 2 is 2.00 bits per heavy atom. The zero-order valence-electron chi connectivity index (χ0n) is 11.3. The molecule has 2 rings (SSSR count). The Labute approximate surface area is 115 Å². The van der Waals surface area contributed by atoms with Gasteiger partial charge in [-0.05, 0) is 24.7 Å². The van der Waals surface area contributed by atoms with Gasteiger partial charge < -0.3 is 18.9 Å². The summed E-state index contributed by atoms with van der Waals surface area (Å²) in [6.45, 7) is 2.97. The average molecular weight is 280 g/mol. The van der Waals surface area contributed by atoms with E-state index in [2.05, 4.69) is 5.32 Å². The highest BCUT2D eigenvalue weighted by atomic mass is 16.6. The second-order valence-electron chi connectivity index (χ2n) is 4.16. The summed E-state index contributed by atoms with van der Waals surface area (Å²) in [6, 6.07) is 6.15. The summed E-state index contributed by atoms with van der Waals surface area (Å²) < 4.78 is 15.9. The Kier molecular flexibility index (Phi) is 4.54. The molecule has 0 aliphatic heterocycles. The maximum Gasteiger partial charge on any atom is 0.433 e. The van der Waals surface area contributed by atoms with Gasteiger partial charge in [-0.1, -0.05) is 6.92 Å². The lowest BCUT2D eigenvalue weighted by atomic mass is 10.1. The number of methoxy groups -OCH3 is 1. The number of ether oxygens (including phenoxy) is 1. The molecule has 0 aliphatic carbocycles. The smallest absolute Gasteiger partial charge is 0.433 e. The highest BCUT2D eigenvalue weighted by Gasteiger charge is 2.23. The van der Waals surface area contributed by atoms with Crippen LogP contribution in [-0.2, 0) is 11.3 Å². The molecular formula is C13H16N2O5. The fraction of sp³-hybridized carbons (Fsp3) is 0.385. The van der Waals surface area contributed by atoms with E-state index >= 15 is 0 Å². The van der Waals surface area contributed by atoms with E-state index < -0.39 is 4.92 Å². The van der Waals surface area contributed by atoms with Gasteiger partial charge in [0.05, 0.1) is 6.07 Å². The number of nitrogens with zero attached hydrogens (tertiary/aromatic N) is 1. The van der Waals surface area contributed by atoms with E-state index in [9.17, 15) is 10.1 Å². The normalized spacial score (nSPS) is 12.5. The highest BCUT2D eigenvalue weighted by Crippen LogP contribution is 2.28. The molecule has 2 aromatic rings. The molecule has 1 unspecified atom stereocenters. The van der Waals surface area contributed by atoms with Crippen molar-refractivity contribution in [1.82, 2.24) is 5.32 Å². The third kappa shape index (κ3) is 3.06. The predicted molar refractivity (Wildman–Crippen MR) is 70.3 cm³/mol. The topological polar surface area (TPSA) is 90.7 Å². The van der Waals surface area contributed by atoms with Gasteiger partial charge in [0, 0.05) is 7.11 Å². The van der Waals surface area contributed by atoms with Crippen molar-refractivity contribution in [1.29, 1.82) is 0 Å². The second kappa shape index (κ2) is 6.36. The first-order valence-corrected chi connectivity index (χ1v) is 6.20. The number of nitrogens with one attached hydrogen (secondary N) is 1. The van der Waals surface area contributed by atoms with Crippen molar-refractivity contribution in [3.05, 3.63) is 51.7 Å². The van der Waals surface area contributed by atoms with E-state index in [1.165, 1.54) is 6.07 Å². The number of nitro groups is 1. The molecule has 0 fully saturated rings. The van der Waals surface area contributed by atoms with E-state index in [0.29, 0.717) is 30.4 Å². The van der Waals surface area contributed by atoms with Crippen LogP contribution < -0.4 is 5.32 Å². The Morgan fingerprint density at radius 1 is 1.30 bits per heavy atom. The van der Waals surface area contributed by atoms with Crippen LogP contribution in [0.15, 0.2) is 33.1 Å². The lowest BCUT2D eigenvalue weighted by Crippen LogP contribution is -2.21. The molecule has 20 heavy (non-hydrogen) atoms. The van der Waals surface area contributed by atoms with E-state index in [1.807, 2.05) is 6.92 Å². The monoisotopic (exact) mass is 280 g/mol. The van der Waals surface area contributed by atoms with Crippen molar-refractivity contribution in [2.24, 2.45) is 0 Å². The van der Waals surface area contributed by atoms with Gasteiger partial charge in [-0.3, -0.25) is 10.1 Å². The summed E-state index contributed by atoms with van der Waals surface area (Å²) in [4.78, 5) is 10.1. The van der Waals surface area contributed by atoms with E-state index in [1.54, 1.807) is 25.3 Å². The van der Waals surface area contributed by atoms with Gasteiger partial charge in [-0.25, -0.2) is 0 Å². The first kappa shape index (κ1) is 14.3. The molecule has 7 heteroatoms. The molecule has 1 N–H and O–H groups in total. The molecule has 0 saturated heterocycles. The summed E-state index contributed by atoms with van der Waals surface area (Å²) in [5, 5.41) is 13.8. The van der Waals surface area contributed by atoms with Crippen LogP contribution >= 0.6 is 0 Å². The van der Waals surface area contributed by atoms with Gasteiger partial charge in [0.1, 0.15) is 34.9 Å². The minimum atomic E-state index is -0.564. The van der Waals surface area contributed by atoms with Crippen LogP contribution in [0.4, 0.5) is 5.88 Å². The van der Waals surface area contributed by atoms with Gasteiger partial charge in [0.25, 0.3) is 0 Å². The summed E-state index contributed by atoms with van der Waals surface area (Å²) in [6.07, 6.45) is 0. The molecule has 0 radical (unpaired) electrons. The van der Waals surface area contributed by atoms with Gasteiger partial charge in [-0.2, -0.15) is 0 Å². The van der Waals surface area contributed by atoms with Gasteiger partial charge in [0.2, 0.25) is 0 Å². The van der Waals surface area contributed by atoms with Crippen molar-refractivity contribution in [2.45, 2.75) is 19.6 Å². The van der Waals surface area contributed by atoms with E-state index in [-0.39, 0.29) is 11.9 Å². The second-order valence-corrected chi connectivity index (χ2v) is 4.16. The number of furan rings is 2. The first-order chi connectivity index (χ1) is 9.65. The lowest BCUT2D eigenvalue weighted by Gasteiger charge is -2.12. The van der Waals surface area contributed by atoms with Gasteiger partial charge in [0.15, 0.2) is 0 Å². The lowest BCUT2D eigenvalue weighted by molar-refractivity contribution is -0.402. The van der Waals surface area contributed by atoms with Crippen LogP contribution in [0.3, 0.4) is 0 Å². The minimum absolute atomic E-state index is 0.286. The number of hydrogen-bond acceptors (Lipinski definition) is 6. The molecular weight excluding hydrogens is 264 g/mol. The van der Waals surface area contributed by atoms with Crippen molar-refractivity contribution >= 4 is 5.88 Å². The Bertz CT molecular complexity index is 575. The zero-order chi connectivity index (χ0) is 14.5. The minimum Gasteiger partial charge on any atom is -0.461 e. The Hall–Kier alpha value is -2.12. The fourth-order valence-electron chi connectivity index (χ4n) is 1.91. The molecule has 2 aromatic heterocycles. The molecule has 0 bridgehead atoms. The highest BCUT2D eigenvalue weighted by molar-refractivity contribution is 5.25. The molecule has 0 aromatic carbocycles. The molecule has 0 saturated carbocycles. The Morgan fingerprint density at radius 3 is 2.60 bits per heavy atom. The maximum absolute atomic E-state index is 10.7. The van der Waals surface area contributed by atoms with Crippen molar-refractivity contribution in [2.75, 3.05) is 13.7 Å². The van der Waals surface area contributed by atoms with Crippen molar-refractivity contribution in [3.8, 4) is 0 Å². The summed E-state index contributed by atoms with van der Waals surface area (Å²) in [5.74, 6) is 1.47. The van der Waals surface area contributed by atoms with E-state index in [4.69, 9.17) is 13.6 Å². The van der Waals surface area contributed by atoms with Crippen LogP contribution in [-0.4, -0.2) is 18.6 Å². The van der Waals surface area contributed by atoms with Crippen LogP contribution in [0.1, 0.15) is 30.2 Å². The maximum atomic E-state index is 10.7. The standard InChI is InChI=1S/C13H16N2O5/c1-3-14-13(10-5-4-9(19-10)8-18-2)11-6-7-12(20-11)15(16)17/h4-7,13-14H,3,8H2,1-2H3. The number of hydrogen-bond donors (Lipinski definition) is 1. The fourth-order valence-corrected chi connectivity index (χ4v) is 1.91. The van der Waals surface area contributed by atoms with Crippen LogP contribution in [0.2, 0.25) is 0 Å². The van der Waals surface area contributed by atoms with Gasteiger partial charge in [-0.15, -0.1) is 0 Å². The molecule has 2 heterocycles. The molecule has 0 amide bonds. The largest absolute Gasteiger partial charge is 0.461 e. The van der Waals surface area contributed by atoms with Crippen LogP contribution in [0, 0.1) is 10.1 Å². The summed E-state index contributed by atoms with van der Waals surface area (Å²) in [7, 11) is 1.58. The molecule has 0 aliphatic rings. The quantitative estimate of drug-likeness (QED) is 0.619. The zero-order valence-corrected chi connectivity index (χ0v) is 11.3. The van der Waals surface area contributed by atoms with Crippen molar-refractivity contribution < 1.29 is 18.5 Å². The summed E-state index contributed by atoms with van der Waals surface area (Å²) >= 11 is 0. The number of rotatable bonds is 7. The van der Waals surface area contributed by atoms with E-state index in [0.717, 1.165) is 0 Å². The third-order valence-corrected chi connectivity index (χ3v) is 2.74. The summed E-state index contributed by atoms with van der Waals surface area (Å²) in [5.41, 5.74) is 0. The third-order valence-electron chi connectivity index (χ3n) is 2.74. The molecule has 1 atom stereocenters. The molecule has 108 valence electrons. The molecule has 7 nitrogen and oxygen atoms in total. The van der Waals surface area contributed by atoms with Crippen molar-refractivity contribution in [3.63, 3.8) is 0 Å². The van der Waals surface area contributed by atoms with Gasteiger partial charge >= 0.3 is 5.88 Å². The predicted octanol–water partition coefficient (Wildman–Crippen LogP) is 2.63. The molecule has 0 spiro atoms. The SMILES string of the molecule is CCNC(c1ccc(COC)o1)c1ccc([N+](=O)[O-])o1. The Balaban J connectivity index is 2.26. The van der Waals surface area contributed by atoms with Crippen LogP contribution in [0.5, 0.6) is 0 Å².